The molecular formula is C20H23O6. The molecular weight excluding hydrogens is 336 g/mol. The van der Waals surface area contributed by atoms with Crippen molar-refractivity contribution in [2.24, 2.45) is 0 Å². The maximum atomic E-state index is 10.6. The van der Waals surface area contributed by atoms with E-state index in [4.69, 9.17) is 24.1 Å². The molecule has 2 aromatic carbocycles. The number of carboxylic acid groups (broad SMARTS) is 1. The number of carbonyl (C=O) groups is 1. The molecule has 6 nitrogen and oxygen atoms in total. The molecule has 0 aliphatic rings. The monoisotopic (exact) mass is 359 g/mol. The first-order valence-electron chi connectivity index (χ1n) is 8.14. The molecule has 0 saturated heterocycles. The van der Waals surface area contributed by atoms with Crippen LogP contribution in [0.15, 0.2) is 36.4 Å². The fourth-order valence-electron chi connectivity index (χ4n) is 2.56. The minimum absolute atomic E-state index is 0.352. The second-order valence-corrected chi connectivity index (χ2v) is 5.53. The van der Waals surface area contributed by atoms with Crippen molar-refractivity contribution in [3.8, 4) is 23.0 Å². The quantitative estimate of drug-likeness (QED) is 0.701. The number of ether oxygens (including phenoxy) is 4. The summed E-state index contributed by atoms with van der Waals surface area (Å²) in [4.78, 5) is 10.6. The van der Waals surface area contributed by atoms with Crippen LogP contribution in [0.1, 0.15) is 17.5 Å². The van der Waals surface area contributed by atoms with Crippen LogP contribution in [0.2, 0.25) is 0 Å². The number of benzene rings is 2. The lowest BCUT2D eigenvalue weighted by atomic mass is 10.0. The van der Waals surface area contributed by atoms with Crippen LogP contribution in [0, 0.1) is 6.42 Å². The second-order valence-electron chi connectivity index (χ2n) is 5.53. The van der Waals surface area contributed by atoms with Gasteiger partial charge in [-0.05, 0) is 54.7 Å². The summed E-state index contributed by atoms with van der Waals surface area (Å²) in [6.07, 6.45) is 3.65. The zero-order valence-corrected chi connectivity index (χ0v) is 15.2. The van der Waals surface area contributed by atoms with E-state index in [0.29, 0.717) is 23.0 Å². The highest BCUT2D eigenvalue weighted by Gasteiger charge is 2.13. The van der Waals surface area contributed by atoms with Crippen molar-refractivity contribution in [1.82, 2.24) is 0 Å². The van der Waals surface area contributed by atoms with Crippen LogP contribution in [0.4, 0.5) is 0 Å². The lowest BCUT2D eigenvalue weighted by molar-refractivity contribution is -0.139. The highest BCUT2D eigenvalue weighted by Crippen LogP contribution is 2.38. The standard InChI is InChI=1S/C20H23O6/c1-23-17-11-15(12-18(24-2)20(17)25-3)8-4-6-14-7-5-9-16(10-14)26-13-19(21)22/h5-7,9-12H,4,8,13H2,1-3H3,(H,21,22). The number of methoxy groups -OCH3 is 3. The predicted octanol–water partition coefficient (Wildman–Crippen LogP) is 3.36. The molecule has 26 heavy (non-hydrogen) atoms. The Morgan fingerprint density at radius 3 is 2.31 bits per heavy atom. The van der Waals surface area contributed by atoms with E-state index in [1.54, 1.807) is 27.4 Å². The van der Waals surface area contributed by atoms with E-state index in [0.717, 1.165) is 24.0 Å². The molecule has 1 radical (unpaired) electrons. The lowest BCUT2D eigenvalue weighted by Crippen LogP contribution is -2.09. The van der Waals surface area contributed by atoms with Crippen molar-refractivity contribution in [3.05, 3.63) is 53.9 Å². The highest BCUT2D eigenvalue weighted by atomic mass is 16.5. The van der Waals surface area contributed by atoms with E-state index in [-0.39, 0.29) is 6.61 Å². The van der Waals surface area contributed by atoms with Crippen LogP contribution < -0.4 is 18.9 Å². The van der Waals surface area contributed by atoms with Crippen molar-refractivity contribution >= 4 is 5.97 Å². The van der Waals surface area contributed by atoms with Gasteiger partial charge in [0, 0.05) is 0 Å². The van der Waals surface area contributed by atoms with Gasteiger partial charge in [0.2, 0.25) is 5.75 Å². The molecule has 139 valence electrons. The average Bonchev–Trinajstić information content (AvgIpc) is 2.65. The van der Waals surface area contributed by atoms with Gasteiger partial charge in [-0.15, -0.1) is 0 Å². The van der Waals surface area contributed by atoms with Gasteiger partial charge in [0.1, 0.15) is 5.75 Å². The number of carboxylic acids is 1. The molecule has 2 rings (SSSR count). The Morgan fingerprint density at radius 2 is 1.73 bits per heavy atom. The summed E-state index contributed by atoms with van der Waals surface area (Å²) >= 11 is 0. The summed E-state index contributed by atoms with van der Waals surface area (Å²) in [6.45, 7) is -0.352. The largest absolute Gasteiger partial charge is 0.493 e. The topological polar surface area (TPSA) is 74.2 Å². The Morgan fingerprint density at radius 1 is 1.04 bits per heavy atom. The Hall–Kier alpha value is -2.89. The van der Waals surface area contributed by atoms with Crippen molar-refractivity contribution in [3.63, 3.8) is 0 Å². The number of hydrogen-bond acceptors (Lipinski definition) is 5. The molecule has 0 spiro atoms. The zero-order chi connectivity index (χ0) is 18.9. The lowest BCUT2D eigenvalue weighted by Gasteiger charge is -2.14. The van der Waals surface area contributed by atoms with Crippen LogP contribution in [0.3, 0.4) is 0 Å². The minimum atomic E-state index is -0.998. The van der Waals surface area contributed by atoms with Gasteiger partial charge in [-0.25, -0.2) is 4.79 Å². The third-order valence-electron chi connectivity index (χ3n) is 3.76. The van der Waals surface area contributed by atoms with Crippen molar-refractivity contribution in [1.29, 1.82) is 0 Å². The van der Waals surface area contributed by atoms with Crippen molar-refractivity contribution in [2.75, 3.05) is 27.9 Å². The summed E-state index contributed by atoms with van der Waals surface area (Å²) in [5, 5.41) is 8.67. The van der Waals surface area contributed by atoms with E-state index in [9.17, 15) is 4.79 Å². The van der Waals surface area contributed by atoms with Gasteiger partial charge in [0.25, 0.3) is 0 Å². The molecule has 6 heteroatoms. The molecule has 0 unspecified atom stereocenters. The number of hydrogen-bond donors (Lipinski definition) is 1. The first kappa shape index (κ1) is 19.4. The summed E-state index contributed by atoms with van der Waals surface area (Å²) in [5.74, 6) is 1.37. The van der Waals surface area contributed by atoms with E-state index in [1.165, 1.54) is 0 Å². The average molecular weight is 359 g/mol. The molecule has 1 N–H and O–H groups in total. The summed E-state index contributed by atoms with van der Waals surface area (Å²) in [6, 6.07) is 11.2. The maximum Gasteiger partial charge on any atom is 0.341 e. The third kappa shape index (κ3) is 5.31. The second kappa shape index (κ2) is 9.56. The van der Waals surface area contributed by atoms with E-state index >= 15 is 0 Å². The molecule has 0 aliphatic carbocycles. The smallest absolute Gasteiger partial charge is 0.341 e. The molecule has 0 amide bonds. The van der Waals surface area contributed by atoms with Gasteiger partial charge < -0.3 is 24.1 Å². The van der Waals surface area contributed by atoms with E-state index in [2.05, 4.69) is 6.42 Å². The summed E-state index contributed by atoms with van der Waals surface area (Å²) < 4.78 is 21.3. The van der Waals surface area contributed by atoms with Crippen LogP contribution in [0.5, 0.6) is 23.0 Å². The fourth-order valence-corrected chi connectivity index (χ4v) is 2.56. The van der Waals surface area contributed by atoms with Crippen LogP contribution in [0.25, 0.3) is 0 Å². The fraction of sp³-hybridized carbons (Fsp3) is 0.300. The molecule has 0 aromatic heterocycles. The molecule has 0 bridgehead atoms. The third-order valence-corrected chi connectivity index (χ3v) is 3.76. The van der Waals surface area contributed by atoms with Crippen LogP contribution >= 0.6 is 0 Å². The van der Waals surface area contributed by atoms with Crippen molar-refractivity contribution in [2.45, 2.75) is 12.8 Å². The minimum Gasteiger partial charge on any atom is -0.493 e. The maximum absolute atomic E-state index is 10.6. The molecule has 0 saturated carbocycles. The number of aryl methyl sites for hydroxylation is 1. The summed E-state index contributed by atoms with van der Waals surface area (Å²) in [7, 11) is 4.76. The van der Waals surface area contributed by atoms with Crippen molar-refractivity contribution < 1.29 is 28.8 Å². The molecule has 0 heterocycles. The van der Waals surface area contributed by atoms with Crippen LogP contribution in [-0.4, -0.2) is 39.0 Å². The SMILES string of the molecule is COc1cc(CC[CH]c2cccc(OCC(=O)O)c2)cc(OC)c1OC. The number of rotatable bonds is 10. The Balaban J connectivity index is 1.99. The highest BCUT2D eigenvalue weighted by molar-refractivity contribution is 5.68. The van der Waals surface area contributed by atoms with Gasteiger partial charge in [-0.2, -0.15) is 0 Å². The van der Waals surface area contributed by atoms with E-state index in [1.807, 2.05) is 30.3 Å². The number of aliphatic carboxylic acids is 1. The predicted molar refractivity (Wildman–Crippen MR) is 97.4 cm³/mol. The molecule has 2 aromatic rings. The zero-order valence-electron chi connectivity index (χ0n) is 15.2. The van der Waals surface area contributed by atoms with Gasteiger partial charge in [0.15, 0.2) is 18.1 Å². The molecule has 0 aliphatic heterocycles. The molecule has 0 atom stereocenters. The Kier molecular flexibility index (Phi) is 7.14. The Labute approximate surface area is 153 Å². The Bertz CT molecular complexity index is 716. The van der Waals surface area contributed by atoms with Gasteiger partial charge in [-0.1, -0.05) is 12.1 Å². The first-order chi connectivity index (χ1) is 12.6. The van der Waals surface area contributed by atoms with Crippen LogP contribution in [-0.2, 0) is 11.2 Å². The van der Waals surface area contributed by atoms with Gasteiger partial charge in [0.05, 0.1) is 21.3 Å². The van der Waals surface area contributed by atoms with E-state index < -0.39 is 5.97 Å². The normalized spacial score (nSPS) is 10.3. The van der Waals surface area contributed by atoms with Gasteiger partial charge >= 0.3 is 5.97 Å². The summed E-state index contributed by atoms with van der Waals surface area (Å²) in [5.41, 5.74) is 2.04. The molecule has 0 fully saturated rings. The first-order valence-corrected chi connectivity index (χ1v) is 8.14. The van der Waals surface area contributed by atoms with Gasteiger partial charge in [-0.3, -0.25) is 0 Å².